The van der Waals surface area contributed by atoms with Crippen molar-refractivity contribution in [2.45, 2.75) is 19.4 Å². The zero-order valence-electron chi connectivity index (χ0n) is 11.3. The van der Waals surface area contributed by atoms with Crippen molar-refractivity contribution in [3.05, 3.63) is 17.8 Å². The Hall–Kier alpha value is -1.63. The molecule has 1 rings (SSSR count). The molecule has 0 bridgehead atoms. The van der Waals surface area contributed by atoms with E-state index < -0.39 is 16.8 Å². The van der Waals surface area contributed by atoms with E-state index in [4.69, 9.17) is 5.73 Å². The van der Waals surface area contributed by atoms with Gasteiger partial charge < -0.3 is 15.8 Å². The highest BCUT2D eigenvalue weighted by Crippen LogP contribution is 2.16. The molecule has 0 spiro atoms. The summed E-state index contributed by atoms with van der Waals surface area (Å²) in [5.74, 6) is 0.668. The molecule has 6 nitrogen and oxygen atoms in total. The summed E-state index contributed by atoms with van der Waals surface area (Å²) in [6.45, 7) is 1.96. The number of nitrogens with zero attached hydrogens (tertiary/aromatic N) is 1. The van der Waals surface area contributed by atoms with E-state index >= 15 is 0 Å². The predicted molar refractivity (Wildman–Crippen MR) is 76.6 cm³/mol. The number of ether oxygens (including phenoxy) is 1. The van der Waals surface area contributed by atoms with Gasteiger partial charge in [-0.1, -0.05) is 0 Å². The summed E-state index contributed by atoms with van der Waals surface area (Å²) in [5, 5.41) is 3.13. The average Bonchev–Trinajstić information content (AvgIpc) is 2.37. The number of methoxy groups -OCH3 is 1. The van der Waals surface area contributed by atoms with Gasteiger partial charge in [0.1, 0.15) is 5.82 Å². The van der Waals surface area contributed by atoms with Crippen LogP contribution in [0.2, 0.25) is 0 Å². The number of anilines is 2. The van der Waals surface area contributed by atoms with Crippen molar-refractivity contribution in [3.8, 4) is 0 Å². The van der Waals surface area contributed by atoms with Gasteiger partial charge in [-0.15, -0.1) is 0 Å². The van der Waals surface area contributed by atoms with E-state index in [1.807, 2.05) is 6.92 Å². The van der Waals surface area contributed by atoms with E-state index in [0.29, 0.717) is 11.6 Å². The molecular weight excluding hydrogens is 266 g/mol. The Morgan fingerprint density at radius 2 is 2.32 bits per heavy atom. The van der Waals surface area contributed by atoms with Crippen molar-refractivity contribution < 1.29 is 13.7 Å². The standard InChI is InChI=1S/C12H19N3O3S/c1-8(4-5-19(3)17)15-11-6-9(12(16)18-2)10(13)7-14-11/h6-8H,4-5,13H2,1-3H3,(H,14,15). The summed E-state index contributed by atoms with van der Waals surface area (Å²) >= 11 is 0. The molecule has 2 atom stereocenters. The van der Waals surface area contributed by atoms with E-state index in [0.717, 1.165) is 6.42 Å². The molecule has 106 valence electrons. The van der Waals surface area contributed by atoms with Crippen molar-refractivity contribution in [2.24, 2.45) is 0 Å². The summed E-state index contributed by atoms with van der Waals surface area (Å²) in [5.41, 5.74) is 6.22. The Morgan fingerprint density at radius 3 is 2.89 bits per heavy atom. The number of nitrogen functional groups attached to an aromatic ring is 1. The highest BCUT2D eigenvalue weighted by atomic mass is 32.2. The zero-order valence-corrected chi connectivity index (χ0v) is 12.1. The van der Waals surface area contributed by atoms with E-state index in [2.05, 4.69) is 15.0 Å². The first kappa shape index (κ1) is 15.4. The number of hydrogen-bond donors (Lipinski definition) is 2. The fraction of sp³-hybridized carbons (Fsp3) is 0.500. The van der Waals surface area contributed by atoms with Crippen LogP contribution >= 0.6 is 0 Å². The van der Waals surface area contributed by atoms with Crippen molar-refractivity contribution in [1.29, 1.82) is 0 Å². The van der Waals surface area contributed by atoms with Gasteiger partial charge in [-0.05, 0) is 19.4 Å². The number of nitrogens with two attached hydrogens (primary N) is 1. The van der Waals surface area contributed by atoms with E-state index in [1.54, 1.807) is 12.3 Å². The summed E-state index contributed by atoms with van der Waals surface area (Å²) in [6.07, 6.45) is 3.84. The molecule has 0 amide bonds. The number of carbonyl (C=O) groups excluding carboxylic acids is 1. The molecule has 1 aromatic rings. The highest BCUT2D eigenvalue weighted by Gasteiger charge is 2.12. The molecule has 2 unspecified atom stereocenters. The molecule has 1 heterocycles. The van der Waals surface area contributed by atoms with Gasteiger partial charge in [0, 0.05) is 28.9 Å². The lowest BCUT2D eigenvalue weighted by Gasteiger charge is -2.14. The van der Waals surface area contributed by atoms with Gasteiger partial charge in [-0.2, -0.15) is 0 Å². The van der Waals surface area contributed by atoms with E-state index in [1.165, 1.54) is 13.3 Å². The predicted octanol–water partition coefficient (Wildman–Crippen LogP) is 1.02. The Morgan fingerprint density at radius 1 is 1.63 bits per heavy atom. The molecule has 7 heteroatoms. The Kier molecular flexibility index (Phi) is 5.75. The van der Waals surface area contributed by atoms with Crippen molar-refractivity contribution in [3.63, 3.8) is 0 Å². The van der Waals surface area contributed by atoms with Crippen LogP contribution in [0.4, 0.5) is 11.5 Å². The van der Waals surface area contributed by atoms with Crippen LogP contribution in [0, 0.1) is 0 Å². The molecule has 0 aliphatic carbocycles. The lowest BCUT2D eigenvalue weighted by molar-refractivity contribution is 0.0602. The molecule has 0 aromatic carbocycles. The van der Waals surface area contributed by atoms with Crippen LogP contribution in [0.15, 0.2) is 12.3 Å². The third-order valence-electron chi connectivity index (χ3n) is 2.57. The molecule has 0 aliphatic heterocycles. The molecule has 0 radical (unpaired) electrons. The summed E-state index contributed by atoms with van der Waals surface area (Å²) in [7, 11) is 0.485. The summed E-state index contributed by atoms with van der Waals surface area (Å²) < 4.78 is 15.7. The van der Waals surface area contributed by atoms with Crippen LogP contribution in [-0.2, 0) is 15.5 Å². The van der Waals surface area contributed by atoms with Crippen LogP contribution in [0.3, 0.4) is 0 Å². The van der Waals surface area contributed by atoms with Crippen LogP contribution < -0.4 is 11.1 Å². The van der Waals surface area contributed by atoms with Gasteiger partial charge in [0.25, 0.3) is 0 Å². The first-order valence-electron chi connectivity index (χ1n) is 5.84. The third kappa shape index (κ3) is 4.86. The lowest BCUT2D eigenvalue weighted by atomic mass is 10.2. The van der Waals surface area contributed by atoms with Crippen LogP contribution in [0.5, 0.6) is 0 Å². The molecule has 0 aliphatic rings. The minimum atomic E-state index is -0.815. The molecule has 0 fully saturated rings. The van der Waals surface area contributed by atoms with E-state index in [9.17, 15) is 9.00 Å². The van der Waals surface area contributed by atoms with Crippen LogP contribution in [0.1, 0.15) is 23.7 Å². The number of nitrogens with one attached hydrogen (secondary N) is 1. The minimum Gasteiger partial charge on any atom is -0.465 e. The number of pyridine rings is 1. The second-order valence-electron chi connectivity index (χ2n) is 4.26. The van der Waals surface area contributed by atoms with Crippen LogP contribution in [0.25, 0.3) is 0 Å². The maximum atomic E-state index is 11.5. The van der Waals surface area contributed by atoms with Crippen molar-refractivity contribution in [2.75, 3.05) is 30.2 Å². The van der Waals surface area contributed by atoms with Gasteiger partial charge in [0.2, 0.25) is 0 Å². The molecule has 1 aromatic heterocycles. The first-order chi connectivity index (χ1) is 8.93. The Balaban J connectivity index is 2.74. The smallest absolute Gasteiger partial charge is 0.340 e. The van der Waals surface area contributed by atoms with E-state index in [-0.39, 0.29) is 17.3 Å². The van der Waals surface area contributed by atoms with Gasteiger partial charge in [0.15, 0.2) is 0 Å². The normalized spacial score (nSPS) is 13.6. The number of rotatable bonds is 6. The van der Waals surface area contributed by atoms with Gasteiger partial charge >= 0.3 is 5.97 Å². The fourth-order valence-electron chi connectivity index (χ4n) is 1.50. The maximum Gasteiger partial charge on any atom is 0.340 e. The number of hydrogen-bond acceptors (Lipinski definition) is 6. The van der Waals surface area contributed by atoms with Gasteiger partial charge in [-0.25, -0.2) is 9.78 Å². The molecule has 3 N–H and O–H groups in total. The Labute approximate surface area is 115 Å². The fourth-order valence-corrected chi connectivity index (χ4v) is 2.18. The number of carbonyl (C=O) groups is 1. The van der Waals surface area contributed by atoms with Crippen molar-refractivity contribution in [1.82, 2.24) is 4.98 Å². The molecule has 19 heavy (non-hydrogen) atoms. The first-order valence-corrected chi connectivity index (χ1v) is 7.57. The molecule has 0 saturated carbocycles. The highest BCUT2D eigenvalue weighted by molar-refractivity contribution is 7.84. The SMILES string of the molecule is COC(=O)c1cc(NC(C)CCS(C)=O)ncc1N. The number of esters is 1. The molecule has 0 saturated heterocycles. The average molecular weight is 285 g/mol. The van der Waals surface area contributed by atoms with Crippen LogP contribution in [-0.4, -0.2) is 40.3 Å². The van der Waals surface area contributed by atoms with Gasteiger partial charge in [0.05, 0.1) is 24.6 Å². The largest absolute Gasteiger partial charge is 0.465 e. The zero-order chi connectivity index (χ0) is 14.4. The maximum absolute atomic E-state index is 11.5. The third-order valence-corrected chi connectivity index (χ3v) is 3.38. The van der Waals surface area contributed by atoms with Crippen molar-refractivity contribution >= 4 is 28.3 Å². The summed E-state index contributed by atoms with van der Waals surface area (Å²) in [6, 6.07) is 1.66. The number of aromatic nitrogens is 1. The quantitative estimate of drug-likeness (QED) is 0.758. The second kappa shape index (κ2) is 7.08. The Bertz CT molecular complexity index is 479. The second-order valence-corrected chi connectivity index (χ2v) is 5.81. The minimum absolute atomic E-state index is 0.102. The summed E-state index contributed by atoms with van der Waals surface area (Å²) in [4.78, 5) is 15.6. The van der Waals surface area contributed by atoms with Gasteiger partial charge in [-0.3, -0.25) is 4.21 Å². The lowest BCUT2D eigenvalue weighted by Crippen LogP contribution is -2.19. The monoisotopic (exact) mass is 285 g/mol. The molecular formula is C12H19N3O3S. The topological polar surface area (TPSA) is 94.3 Å².